The van der Waals surface area contributed by atoms with Crippen LogP contribution in [0.5, 0.6) is 0 Å². The molecule has 0 unspecified atom stereocenters. The van der Waals surface area contributed by atoms with Crippen LogP contribution in [0, 0.1) is 5.82 Å². The minimum atomic E-state index is -4.00. The Bertz CT molecular complexity index is 637. The number of rotatable bonds is 9. The van der Waals surface area contributed by atoms with Gasteiger partial charge in [-0.05, 0) is 24.6 Å². The van der Waals surface area contributed by atoms with Crippen molar-refractivity contribution >= 4 is 21.6 Å². The Labute approximate surface area is 135 Å². The number of anilines is 1. The van der Waals surface area contributed by atoms with Gasteiger partial charge in [-0.1, -0.05) is 0 Å². The molecule has 0 aromatic heterocycles. The first-order valence-corrected chi connectivity index (χ1v) is 8.46. The molecule has 0 atom stereocenters. The largest absolute Gasteiger partial charge is 0.385 e. The summed E-state index contributed by atoms with van der Waals surface area (Å²) in [5.74, 6) is -1.12. The predicted octanol–water partition coefficient (Wildman–Crippen LogP) is 0.641. The number of hydrogen-bond acceptors (Lipinski definition) is 5. The first-order valence-electron chi connectivity index (χ1n) is 7.02. The van der Waals surface area contributed by atoms with Gasteiger partial charge in [-0.2, -0.15) is 4.31 Å². The van der Waals surface area contributed by atoms with Crippen LogP contribution in [0.15, 0.2) is 23.1 Å². The fourth-order valence-corrected chi connectivity index (χ4v) is 3.13. The lowest BCUT2D eigenvalue weighted by atomic mass is 10.3. The molecule has 1 aromatic carbocycles. The summed E-state index contributed by atoms with van der Waals surface area (Å²) in [6.07, 6.45) is 0.668. The Morgan fingerprint density at radius 3 is 2.70 bits per heavy atom. The van der Waals surface area contributed by atoms with Crippen LogP contribution in [0.3, 0.4) is 0 Å². The van der Waals surface area contributed by atoms with Gasteiger partial charge in [0, 0.05) is 34.4 Å². The lowest BCUT2D eigenvalue weighted by molar-refractivity contribution is -0.120. The summed E-state index contributed by atoms with van der Waals surface area (Å²) >= 11 is 0. The highest BCUT2D eigenvalue weighted by molar-refractivity contribution is 7.89. The predicted molar refractivity (Wildman–Crippen MR) is 85.3 cm³/mol. The minimum absolute atomic E-state index is 0.207. The molecule has 0 radical (unpaired) electrons. The minimum Gasteiger partial charge on any atom is -0.385 e. The molecule has 130 valence electrons. The van der Waals surface area contributed by atoms with Crippen LogP contribution < -0.4 is 10.6 Å². The second-order valence-electron chi connectivity index (χ2n) is 4.85. The highest BCUT2D eigenvalue weighted by Gasteiger charge is 2.26. The number of halogens is 1. The number of ether oxygens (including phenoxy) is 1. The van der Waals surface area contributed by atoms with Crippen LogP contribution in [0.2, 0.25) is 0 Å². The number of carbonyl (C=O) groups excluding carboxylic acids is 1. The fourth-order valence-electron chi connectivity index (χ4n) is 1.83. The van der Waals surface area contributed by atoms with Crippen LogP contribution in [0.1, 0.15) is 6.42 Å². The highest BCUT2D eigenvalue weighted by atomic mass is 32.2. The van der Waals surface area contributed by atoms with E-state index in [0.717, 1.165) is 10.4 Å². The number of sulfonamides is 1. The molecule has 0 aliphatic rings. The zero-order valence-corrected chi connectivity index (χ0v) is 14.2. The van der Waals surface area contributed by atoms with Crippen molar-refractivity contribution in [2.75, 3.05) is 46.2 Å². The molecule has 1 aromatic rings. The first-order chi connectivity index (χ1) is 10.8. The van der Waals surface area contributed by atoms with E-state index in [9.17, 15) is 17.6 Å². The molecule has 2 N–H and O–H groups in total. The number of methoxy groups -OCH3 is 1. The summed E-state index contributed by atoms with van der Waals surface area (Å²) < 4.78 is 44.4. The molecule has 0 saturated carbocycles. The molecule has 9 heteroatoms. The molecule has 0 bridgehead atoms. The van der Waals surface area contributed by atoms with Gasteiger partial charge in [-0.15, -0.1) is 0 Å². The van der Waals surface area contributed by atoms with Crippen molar-refractivity contribution in [2.24, 2.45) is 0 Å². The maximum atomic E-state index is 13.5. The van der Waals surface area contributed by atoms with E-state index in [4.69, 9.17) is 4.74 Å². The number of benzene rings is 1. The maximum Gasteiger partial charge on any atom is 0.245 e. The van der Waals surface area contributed by atoms with Gasteiger partial charge in [-0.3, -0.25) is 4.79 Å². The Morgan fingerprint density at radius 2 is 2.09 bits per heavy atom. The fraction of sp³-hybridized carbons (Fsp3) is 0.500. The van der Waals surface area contributed by atoms with E-state index >= 15 is 0 Å². The smallest absolute Gasteiger partial charge is 0.245 e. The van der Waals surface area contributed by atoms with E-state index < -0.39 is 21.7 Å². The van der Waals surface area contributed by atoms with Crippen LogP contribution >= 0.6 is 0 Å². The molecule has 0 aliphatic carbocycles. The molecule has 0 heterocycles. The van der Waals surface area contributed by atoms with Crippen LogP contribution in [0.25, 0.3) is 0 Å². The van der Waals surface area contributed by atoms with E-state index in [1.54, 1.807) is 7.11 Å². The number of likely N-dealkylation sites (N-methyl/N-ethyl adjacent to an activating group) is 2. The van der Waals surface area contributed by atoms with Crippen LogP contribution in [0.4, 0.5) is 10.1 Å². The standard InChI is InChI=1S/C14H22FN3O4S/c1-16-14(19)10-18(2)23(20,21)13-9-11(15)5-6-12(13)17-7-4-8-22-3/h5-6,9,17H,4,7-8,10H2,1-3H3,(H,16,19). The van der Waals surface area contributed by atoms with Crippen molar-refractivity contribution in [3.8, 4) is 0 Å². The molecule has 1 amide bonds. The third kappa shape index (κ3) is 5.45. The molecule has 0 aliphatic heterocycles. The van der Waals surface area contributed by atoms with Crippen molar-refractivity contribution in [3.05, 3.63) is 24.0 Å². The van der Waals surface area contributed by atoms with Crippen LogP contribution in [-0.2, 0) is 19.6 Å². The number of amides is 1. The summed E-state index contributed by atoms with van der Waals surface area (Å²) in [7, 11) is 0.248. The molecule has 0 spiro atoms. The lowest BCUT2D eigenvalue weighted by Crippen LogP contribution is -2.37. The Hall–Kier alpha value is -1.71. The Balaban J connectivity index is 3.03. The Kier molecular flexibility index (Phi) is 7.40. The average Bonchev–Trinajstić information content (AvgIpc) is 2.52. The topological polar surface area (TPSA) is 87.7 Å². The molecule has 7 nitrogen and oxygen atoms in total. The molecule has 0 saturated heterocycles. The van der Waals surface area contributed by atoms with E-state index in [-0.39, 0.29) is 17.1 Å². The molecule has 1 rings (SSSR count). The second kappa shape index (κ2) is 8.80. The number of carbonyl (C=O) groups is 1. The maximum absolute atomic E-state index is 13.5. The molecular formula is C14H22FN3O4S. The summed E-state index contributed by atoms with van der Waals surface area (Å²) in [6, 6.07) is 3.48. The average molecular weight is 347 g/mol. The number of nitrogens with zero attached hydrogens (tertiary/aromatic N) is 1. The third-order valence-corrected chi connectivity index (χ3v) is 4.96. The van der Waals surface area contributed by atoms with Gasteiger partial charge in [0.2, 0.25) is 15.9 Å². The van der Waals surface area contributed by atoms with Gasteiger partial charge >= 0.3 is 0 Å². The Morgan fingerprint density at radius 1 is 1.39 bits per heavy atom. The van der Waals surface area contributed by atoms with E-state index in [0.29, 0.717) is 19.6 Å². The molecule has 23 heavy (non-hydrogen) atoms. The quantitative estimate of drug-likeness (QED) is 0.640. The summed E-state index contributed by atoms with van der Waals surface area (Å²) in [6.45, 7) is 0.645. The van der Waals surface area contributed by atoms with E-state index in [2.05, 4.69) is 10.6 Å². The van der Waals surface area contributed by atoms with E-state index in [1.165, 1.54) is 26.2 Å². The van der Waals surface area contributed by atoms with Gasteiger partial charge in [0.1, 0.15) is 10.7 Å². The van der Waals surface area contributed by atoms with Crippen LogP contribution in [-0.4, -0.2) is 59.5 Å². The molecule has 0 fully saturated rings. The van der Waals surface area contributed by atoms with Crippen molar-refractivity contribution in [1.29, 1.82) is 0 Å². The van der Waals surface area contributed by atoms with Gasteiger partial charge in [-0.25, -0.2) is 12.8 Å². The van der Waals surface area contributed by atoms with Gasteiger partial charge < -0.3 is 15.4 Å². The van der Waals surface area contributed by atoms with E-state index in [1.807, 2.05) is 0 Å². The van der Waals surface area contributed by atoms with Crippen molar-refractivity contribution < 1.29 is 22.3 Å². The SMILES string of the molecule is CNC(=O)CN(C)S(=O)(=O)c1cc(F)ccc1NCCCOC. The summed E-state index contributed by atoms with van der Waals surface area (Å²) in [5.41, 5.74) is 0.284. The normalized spacial score (nSPS) is 11.5. The first kappa shape index (κ1) is 19.3. The van der Waals surface area contributed by atoms with Gasteiger partial charge in [0.05, 0.1) is 12.2 Å². The van der Waals surface area contributed by atoms with Gasteiger partial charge in [0.25, 0.3) is 0 Å². The highest BCUT2D eigenvalue weighted by Crippen LogP contribution is 2.25. The van der Waals surface area contributed by atoms with Crippen molar-refractivity contribution in [1.82, 2.24) is 9.62 Å². The lowest BCUT2D eigenvalue weighted by Gasteiger charge is -2.19. The third-order valence-electron chi connectivity index (χ3n) is 3.12. The van der Waals surface area contributed by atoms with Crippen molar-refractivity contribution in [2.45, 2.75) is 11.3 Å². The second-order valence-corrected chi connectivity index (χ2v) is 6.86. The number of nitrogens with one attached hydrogen (secondary N) is 2. The summed E-state index contributed by atoms with van der Waals surface area (Å²) in [5, 5.41) is 5.30. The van der Waals surface area contributed by atoms with Gasteiger partial charge in [0.15, 0.2) is 0 Å². The zero-order chi connectivity index (χ0) is 17.5. The molecular weight excluding hydrogens is 325 g/mol. The zero-order valence-electron chi connectivity index (χ0n) is 13.4. The summed E-state index contributed by atoms with van der Waals surface area (Å²) in [4.78, 5) is 11.2. The number of hydrogen-bond donors (Lipinski definition) is 2. The van der Waals surface area contributed by atoms with Crippen molar-refractivity contribution in [3.63, 3.8) is 0 Å². The monoisotopic (exact) mass is 347 g/mol.